The van der Waals surface area contributed by atoms with E-state index in [4.69, 9.17) is 4.42 Å². The van der Waals surface area contributed by atoms with E-state index in [-0.39, 0.29) is 18.1 Å². The summed E-state index contributed by atoms with van der Waals surface area (Å²) in [6.45, 7) is 0. The Morgan fingerprint density at radius 2 is 1.75 bits per heavy atom. The molecule has 0 aliphatic rings. The van der Waals surface area contributed by atoms with E-state index >= 15 is 0 Å². The number of benzene rings is 3. The van der Waals surface area contributed by atoms with Gasteiger partial charge in [0.15, 0.2) is 0 Å². The monoisotopic (exact) mass is 319 g/mol. The summed E-state index contributed by atoms with van der Waals surface area (Å²) < 4.78 is 19.0. The topological polar surface area (TPSA) is 42.2 Å². The molecule has 118 valence electrons. The summed E-state index contributed by atoms with van der Waals surface area (Å²) in [6.07, 6.45) is 0.127. The first-order valence-electron chi connectivity index (χ1n) is 7.65. The first-order valence-corrected chi connectivity index (χ1v) is 7.65. The van der Waals surface area contributed by atoms with E-state index in [1.165, 1.54) is 12.1 Å². The Morgan fingerprint density at radius 1 is 0.917 bits per heavy atom. The summed E-state index contributed by atoms with van der Waals surface area (Å²) in [4.78, 5) is 12.2. The number of nitrogens with one attached hydrogen (secondary N) is 1. The lowest BCUT2D eigenvalue weighted by Crippen LogP contribution is -2.14. The first kappa shape index (κ1) is 14.5. The van der Waals surface area contributed by atoms with E-state index in [1.807, 2.05) is 36.4 Å². The molecular formula is C20H14FNO2. The van der Waals surface area contributed by atoms with E-state index in [2.05, 4.69) is 5.32 Å². The van der Waals surface area contributed by atoms with Gasteiger partial charge < -0.3 is 9.73 Å². The molecule has 4 heteroatoms. The van der Waals surface area contributed by atoms with Gasteiger partial charge in [0, 0.05) is 16.5 Å². The Hall–Kier alpha value is -3.14. The van der Waals surface area contributed by atoms with E-state index in [9.17, 15) is 9.18 Å². The van der Waals surface area contributed by atoms with Gasteiger partial charge in [0.2, 0.25) is 5.91 Å². The Balaban J connectivity index is 1.60. The number of hydrogen-bond donors (Lipinski definition) is 1. The van der Waals surface area contributed by atoms with Crippen LogP contribution < -0.4 is 5.32 Å². The molecule has 3 nitrogen and oxygen atoms in total. The van der Waals surface area contributed by atoms with Crippen LogP contribution in [0.3, 0.4) is 0 Å². The maximum atomic E-state index is 13.2. The highest BCUT2D eigenvalue weighted by Crippen LogP contribution is 2.30. The Labute approximate surface area is 137 Å². The highest BCUT2D eigenvalue weighted by atomic mass is 19.1. The van der Waals surface area contributed by atoms with Crippen LogP contribution in [0.25, 0.3) is 21.9 Å². The minimum atomic E-state index is -0.341. The largest absolute Gasteiger partial charge is 0.456 e. The maximum Gasteiger partial charge on any atom is 0.228 e. The average molecular weight is 319 g/mol. The maximum absolute atomic E-state index is 13.2. The highest BCUT2D eigenvalue weighted by Gasteiger charge is 2.09. The molecule has 0 saturated carbocycles. The highest BCUT2D eigenvalue weighted by molar-refractivity contribution is 6.07. The second kappa shape index (κ2) is 5.81. The predicted molar refractivity (Wildman–Crippen MR) is 92.5 cm³/mol. The lowest BCUT2D eigenvalue weighted by Gasteiger charge is -2.05. The van der Waals surface area contributed by atoms with Crippen molar-refractivity contribution in [2.75, 3.05) is 5.32 Å². The molecule has 0 unspecified atom stereocenters. The number of anilines is 1. The molecule has 24 heavy (non-hydrogen) atoms. The van der Waals surface area contributed by atoms with E-state index in [1.54, 1.807) is 18.2 Å². The number of fused-ring (bicyclic) bond motifs is 3. The van der Waals surface area contributed by atoms with Crippen LogP contribution in [0.4, 0.5) is 10.1 Å². The summed E-state index contributed by atoms with van der Waals surface area (Å²) >= 11 is 0. The number of amides is 1. The number of furan rings is 1. The molecule has 4 rings (SSSR count). The van der Waals surface area contributed by atoms with Gasteiger partial charge in [-0.15, -0.1) is 0 Å². The van der Waals surface area contributed by atoms with Crippen LogP contribution in [0.2, 0.25) is 0 Å². The van der Waals surface area contributed by atoms with Gasteiger partial charge in [-0.1, -0.05) is 30.3 Å². The lowest BCUT2D eigenvalue weighted by molar-refractivity contribution is -0.115. The SMILES string of the molecule is O=C(Cc1cccc(F)c1)Nc1ccc2oc3ccccc3c2c1. The second-order valence-corrected chi connectivity index (χ2v) is 5.66. The van der Waals surface area contributed by atoms with Gasteiger partial charge in [-0.2, -0.15) is 0 Å². The first-order chi connectivity index (χ1) is 11.7. The zero-order chi connectivity index (χ0) is 16.5. The number of carbonyl (C=O) groups excluding carboxylic acids is 1. The summed E-state index contributed by atoms with van der Waals surface area (Å²) in [6, 6.07) is 19.4. The molecule has 0 saturated heterocycles. The van der Waals surface area contributed by atoms with Gasteiger partial charge in [0.05, 0.1) is 6.42 Å². The van der Waals surface area contributed by atoms with Gasteiger partial charge in [-0.25, -0.2) is 4.39 Å². The van der Waals surface area contributed by atoms with Gasteiger partial charge >= 0.3 is 0 Å². The fraction of sp³-hybridized carbons (Fsp3) is 0.0500. The van der Waals surface area contributed by atoms with Crippen LogP contribution in [0.1, 0.15) is 5.56 Å². The fourth-order valence-corrected chi connectivity index (χ4v) is 2.84. The predicted octanol–water partition coefficient (Wildman–Crippen LogP) is 4.91. The van der Waals surface area contributed by atoms with Crippen molar-refractivity contribution in [3.05, 3.63) is 78.1 Å². The van der Waals surface area contributed by atoms with Gasteiger partial charge in [-0.05, 0) is 42.0 Å². The second-order valence-electron chi connectivity index (χ2n) is 5.66. The zero-order valence-electron chi connectivity index (χ0n) is 12.8. The Morgan fingerprint density at radius 3 is 2.62 bits per heavy atom. The van der Waals surface area contributed by atoms with Crippen LogP contribution in [0.15, 0.2) is 71.1 Å². The molecule has 0 atom stereocenters. The summed E-state index contributed by atoms with van der Waals surface area (Å²) in [5, 5.41) is 4.81. The summed E-state index contributed by atoms with van der Waals surface area (Å²) in [5.74, 6) is -0.528. The number of carbonyl (C=O) groups is 1. The van der Waals surface area contributed by atoms with Crippen molar-refractivity contribution >= 4 is 33.5 Å². The molecule has 0 fully saturated rings. The van der Waals surface area contributed by atoms with Crippen LogP contribution >= 0.6 is 0 Å². The summed E-state index contributed by atoms with van der Waals surface area (Å²) in [7, 11) is 0. The minimum Gasteiger partial charge on any atom is -0.456 e. The normalized spacial score (nSPS) is 11.0. The molecule has 1 N–H and O–H groups in total. The number of para-hydroxylation sites is 1. The van der Waals surface area contributed by atoms with E-state index in [0.717, 1.165) is 21.9 Å². The molecule has 0 aliphatic carbocycles. The van der Waals surface area contributed by atoms with Crippen LogP contribution in [0.5, 0.6) is 0 Å². The molecule has 1 heterocycles. The fourth-order valence-electron chi connectivity index (χ4n) is 2.84. The molecule has 0 spiro atoms. The molecule has 4 aromatic rings. The van der Waals surface area contributed by atoms with Crippen molar-refractivity contribution in [2.24, 2.45) is 0 Å². The van der Waals surface area contributed by atoms with Crippen LogP contribution in [0, 0.1) is 5.82 Å². The molecule has 3 aromatic carbocycles. The molecular weight excluding hydrogens is 305 g/mol. The number of hydrogen-bond acceptors (Lipinski definition) is 2. The molecule has 0 bridgehead atoms. The third kappa shape index (κ3) is 2.74. The quantitative estimate of drug-likeness (QED) is 0.583. The third-order valence-electron chi connectivity index (χ3n) is 3.91. The van der Waals surface area contributed by atoms with E-state index < -0.39 is 0 Å². The van der Waals surface area contributed by atoms with Gasteiger partial charge in [0.1, 0.15) is 17.0 Å². The smallest absolute Gasteiger partial charge is 0.228 e. The standard InChI is InChI=1S/C20H14FNO2/c21-14-5-3-4-13(10-14)11-20(23)22-15-8-9-19-17(12-15)16-6-1-2-7-18(16)24-19/h1-10,12H,11H2,(H,22,23). The lowest BCUT2D eigenvalue weighted by atomic mass is 10.1. The average Bonchev–Trinajstić information content (AvgIpc) is 2.93. The molecule has 1 amide bonds. The van der Waals surface area contributed by atoms with Gasteiger partial charge in [0.25, 0.3) is 0 Å². The minimum absolute atomic E-state index is 0.127. The van der Waals surface area contributed by atoms with Crippen molar-refractivity contribution in [1.29, 1.82) is 0 Å². The summed E-state index contributed by atoms with van der Waals surface area (Å²) in [5.41, 5.74) is 2.92. The molecule has 1 aromatic heterocycles. The van der Waals surface area contributed by atoms with Crippen LogP contribution in [-0.2, 0) is 11.2 Å². The van der Waals surface area contributed by atoms with Crippen molar-refractivity contribution in [3.63, 3.8) is 0 Å². The molecule has 0 aliphatic heterocycles. The number of halogens is 1. The Kier molecular flexibility index (Phi) is 3.50. The third-order valence-corrected chi connectivity index (χ3v) is 3.91. The van der Waals surface area contributed by atoms with Crippen LogP contribution in [-0.4, -0.2) is 5.91 Å². The molecule has 0 radical (unpaired) electrons. The van der Waals surface area contributed by atoms with Crippen molar-refractivity contribution in [3.8, 4) is 0 Å². The van der Waals surface area contributed by atoms with E-state index in [0.29, 0.717) is 11.3 Å². The van der Waals surface area contributed by atoms with Crippen molar-refractivity contribution in [2.45, 2.75) is 6.42 Å². The Bertz CT molecular complexity index is 1050. The van der Waals surface area contributed by atoms with Crippen molar-refractivity contribution < 1.29 is 13.6 Å². The van der Waals surface area contributed by atoms with Gasteiger partial charge in [-0.3, -0.25) is 4.79 Å². The number of rotatable bonds is 3. The zero-order valence-corrected chi connectivity index (χ0v) is 12.8. The van der Waals surface area contributed by atoms with Crippen molar-refractivity contribution in [1.82, 2.24) is 0 Å².